The highest BCUT2D eigenvalue weighted by molar-refractivity contribution is 7.91. The second kappa shape index (κ2) is 4.51. The van der Waals surface area contributed by atoms with Crippen LogP contribution in [0.5, 0.6) is 0 Å². The Morgan fingerprint density at radius 1 is 1.41 bits per heavy atom. The Hall–Kier alpha value is -1.94. The van der Waals surface area contributed by atoms with Crippen molar-refractivity contribution in [2.24, 2.45) is 0 Å². The molecule has 0 atom stereocenters. The van der Waals surface area contributed by atoms with Crippen LogP contribution in [0.15, 0.2) is 17.0 Å². The molecule has 1 rings (SSSR count). The van der Waals surface area contributed by atoms with Gasteiger partial charge >= 0.3 is 5.97 Å². The fraction of sp³-hybridized carbons (Fsp3) is 0.100. The maximum atomic E-state index is 13.2. The minimum Gasteiger partial charge on any atom is -0.478 e. The fourth-order valence-electron chi connectivity index (χ4n) is 1.10. The lowest BCUT2D eigenvalue weighted by atomic mass is 10.2. The largest absolute Gasteiger partial charge is 0.478 e. The molecule has 0 fully saturated rings. The minimum atomic E-state index is -4.23. The third kappa shape index (κ3) is 2.60. The van der Waals surface area contributed by atoms with Crippen LogP contribution in [0.3, 0.4) is 0 Å². The van der Waals surface area contributed by atoms with Gasteiger partial charge < -0.3 is 5.11 Å². The van der Waals surface area contributed by atoms with E-state index in [-0.39, 0.29) is 0 Å². The van der Waals surface area contributed by atoms with Crippen molar-refractivity contribution < 1.29 is 27.1 Å². The van der Waals surface area contributed by atoms with Crippen LogP contribution < -0.4 is 0 Å². The van der Waals surface area contributed by atoms with Crippen LogP contribution in [0.4, 0.5) is 8.78 Å². The van der Waals surface area contributed by atoms with Crippen molar-refractivity contribution >= 4 is 15.8 Å². The van der Waals surface area contributed by atoms with Crippen molar-refractivity contribution in [3.05, 3.63) is 29.3 Å². The molecule has 0 amide bonds. The summed E-state index contributed by atoms with van der Waals surface area (Å²) in [5.41, 5.74) is -0.667. The quantitative estimate of drug-likeness (QED) is 0.825. The molecule has 0 radical (unpaired) electrons. The van der Waals surface area contributed by atoms with Gasteiger partial charge in [0.2, 0.25) is 0 Å². The van der Waals surface area contributed by atoms with Crippen LogP contribution in [0, 0.1) is 24.0 Å². The molecule has 90 valence electrons. The summed E-state index contributed by atoms with van der Waals surface area (Å²) in [6, 6.07) is 0.931. The van der Waals surface area contributed by atoms with Crippen LogP contribution in [0.1, 0.15) is 10.4 Å². The minimum absolute atomic E-state index is 0.395. The first-order valence-corrected chi connectivity index (χ1v) is 5.83. The topological polar surface area (TPSA) is 71.4 Å². The second-order valence-electron chi connectivity index (χ2n) is 3.04. The molecule has 17 heavy (non-hydrogen) atoms. The van der Waals surface area contributed by atoms with Crippen molar-refractivity contribution in [1.82, 2.24) is 0 Å². The summed E-state index contributed by atoms with van der Waals surface area (Å²) in [5.74, 6) is -3.82. The van der Waals surface area contributed by atoms with Gasteiger partial charge in [-0.05, 0) is 12.1 Å². The zero-order chi connectivity index (χ0) is 13.2. The summed E-state index contributed by atoms with van der Waals surface area (Å²) in [7, 11) is -4.23. The van der Waals surface area contributed by atoms with Gasteiger partial charge in [-0.3, -0.25) is 0 Å². The molecule has 0 aliphatic heterocycles. The Kier molecular flexibility index (Phi) is 3.48. The Bertz CT molecular complexity index is 614. The van der Waals surface area contributed by atoms with E-state index < -0.39 is 43.7 Å². The molecule has 1 N–H and O–H groups in total. The Morgan fingerprint density at radius 2 is 2.00 bits per heavy atom. The maximum Gasteiger partial charge on any atom is 0.335 e. The molecule has 0 heterocycles. The molecule has 0 spiro atoms. The number of carboxylic acid groups (broad SMARTS) is 1. The molecule has 0 saturated carbocycles. The molecule has 0 saturated heterocycles. The van der Waals surface area contributed by atoms with Gasteiger partial charge in [0.15, 0.2) is 21.5 Å². The van der Waals surface area contributed by atoms with E-state index in [1.165, 1.54) is 0 Å². The van der Waals surface area contributed by atoms with E-state index >= 15 is 0 Å². The molecule has 4 nitrogen and oxygen atoms in total. The van der Waals surface area contributed by atoms with Crippen LogP contribution >= 0.6 is 0 Å². The van der Waals surface area contributed by atoms with Crippen LogP contribution in [-0.2, 0) is 9.84 Å². The van der Waals surface area contributed by atoms with Crippen LogP contribution in [-0.4, -0.2) is 25.2 Å². The smallest absolute Gasteiger partial charge is 0.335 e. The second-order valence-corrected chi connectivity index (χ2v) is 5.00. The highest BCUT2D eigenvalue weighted by atomic mass is 32.2. The zero-order valence-electron chi connectivity index (χ0n) is 8.28. The summed E-state index contributed by atoms with van der Waals surface area (Å²) in [6.45, 7) is 0. The van der Waals surface area contributed by atoms with Crippen molar-refractivity contribution in [1.29, 1.82) is 0 Å². The molecule has 0 aliphatic carbocycles. The van der Waals surface area contributed by atoms with E-state index in [2.05, 4.69) is 0 Å². The summed E-state index contributed by atoms with van der Waals surface area (Å²) in [4.78, 5) is 9.53. The van der Waals surface area contributed by atoms with Gasteiger partial charge in [-0.25, -0.2) is 22.0 Å². The molecule has 1 aromatic carbocycles. The predicted octanol–water partition coefficient (Wildman–Crippen LogP) is 1.07. The molecular weight excluding hydrogens is 254 g/mol. The summed E-state index contributed by atoms with van der Waals surface area (Å²) >= 11 is 0. The Balaban J connectivity index is 3.55. The monoisotopic (exact) mass is 260 g/mol. The maximum absolute atomic E-state index is 13.2. The van der Waals surface area contributed by atoms with E-state index in [1.54, 1.807) is 5.92 Å². The summed E-state index contributed by atoms with van der Waals surface area (Å²) in [5, 5.41) is 8.60. The average Bonchev–Trinajstić information content (AvgIpc) is 2.21. The Morgan fingerprint density at radius 3 is 2.47 bits per heavy atom. The van der Waals surface area contributed by atoms with E-state index in [0.29, 0.717) is 12.1 Å². The molecule has 0 aromatic heterocycles. The number of rotatable bonds is 3. The molecule has 0 unspecified atom stereocenters. The van der Waals surface area contributed by atoms with Crippen LogP contribution in [0.25, 0.3) is 0 Å². The number of hydrogen-bond acceptors (Lipinski definition) is 3. The van der Waals surface area contributed by atoms with Gasteiger partial charge in [-0.2, -0.15) is 0 Å². The first kappa shape index (κ1) is 13.1. The Labute approximate surface area is 95.8 Å². The third-order valence-electron chi connectivity index (χ3n) is 1.85. The lowest BCUT2D eigenvalue weighted by Gasteiger charge is -2.05. The third-order valence-corrected chi connectivity index (χ3v) is 3.36. The van der Waals surface area contributed by atoms with Crippen LogP contribution in [0.2, 0.25) is 0 Å². The zero-order valence-corrected chi connectivity index (χ0v) is 9.09. The van der Waals surface area contributed by atoms with E-state index in [9.17, 15) is 22.0 Å². The molecule has 0 aliphatic rings. The van der Waals surface area contributed by atoms with E-state index in [1.807, 2.05) is 0 Å². The van der Waals surface area contributed by atoms with E-state index in [0.717, 1.165) is 0 Å². The van der Waals surface area contributed by atoms with Crippen molar-refractivity contribution in [2.45, 2.75) is 4.90 Å². The first-order valence-electron chi connectivity index (χ1n) is 4.18. The molecule has 1 aromatic rings. The highest BCUT2D eigenvalue weighted by Crippen LogP contribution is 2.21. The molecular formula is C10H6F2O4S. The highest BCUT2D eigenvalue weighted by Gasteiger charge is 2.23. The number of sulfone groups is 1. The lowest BCUT2D eigenvalue weighted by molar-refractivity contribution is 0.0696. The normalized spacial score (nSPS) is 10.9. The van der Waals surface area contributed by atoms with Crippen molar-refractivity contribution in [3.63, 3.8) is 0 Å². The van der Waals surface area contributed by atoms with Crippen molar-refractivity contribution in [2.75, 3.05) is 5.75 Å². The molecule has 7 heteroatoms. The number of carboxylic acids is 1. The van der Waals surface area contributed by atoms with Gasteiger partial charge in [0, 0.05) is 0 Å². The number of benzene rings is 1. The number of hydrogen-bond donors (Lipinski definition) is 1. The molecule has 0 bridgehead atoms. The van der Waals surface area contributed by atoms with Gasteiger partial charge in [-0.15, -0.1) is 6.42 Å². The number of terminal acetylenes is 1. The van der Waals surface area contributed by atoms with Crippen molar-refractivity contribution in [3.8, 4) is 12.3 Å². The first-order chi connectivity index (χ1) is 7.79. The van der Waals surface area contributed by atoms with Gasteiger partial charge in [0.1, 0.15) is 10.6 Å². The standard InChI is InChI=1S/C10H6F2O4S/c1-2-3-17(15,16)8-5-6(10(13)14)4-7(11)9(8)12/h1,4-5H,3H2,(H,13,14). The van der Waals surface area contributed by atoms with Gasteiger partial charge in [-0.1, -0.05) is 5.92 Å². The SMILES string of the molecule is C#CCS(=O)(=O)c1cc(C(=O)O)cc(F)c1F. The number of carbonyl (C=O) groups is 1. The lowest BCUT2D eigenvalue weighted by Crippen LogP contribution is -2.11. The van der Waals surface area contributed by atoms with Gasteiger partial charge in [0.05, 0.1) is 5.56 Å². The predicted molar refractivity (Wildman–Crippen MR) is 54.2 cm³/mol. The van der Waals surface area contributed by atoms with E-state index in [4.69, 9.17) is 11.5 Å². The summed E-state index contributed by atoms with van der Waals surface area (Å²) < 4.78 is 49.1. The summed E-state index contributed by atoms with van der Waals surface area (Å²) in [6.07, 6.45) is 4.78. The number of aromatic carboxylic acids is 1. The van der Waals surface area contributed by atoms with Gasteiger partial charge in [0.25, 0.3) is 0 Å². The average molecular weight is 260 g/mol. The number of halogens is 2. The fourth-order valence-corrected chi connectivity index (χ4v) is 2.15.